The summed E-state index contributed by atoms with van der Waals surface area (Å²) in [7, 11) is 1.57. The summed E-state index contributed by atoms with van der Waals surface area (Å²) in [5.74, 6) is 0.892. The van der Waals surface area contributed by atoms with Crippen LogP contribution in [0.4, 0.5) is 5.82 Å². The van der Waals surface area contributed by atoms with Gasteiger partial charge in [0.15, 0.2) is 0 Å². The van der Waals surface area contributed by atoms with Gasteiger partial charge in [-0.1, -0.05) is 13.8 Å². The van der Waals surface area contributed by atoms with E-state index in [9.17, 15) is 9.59 Å². The van der Waals surface area contributed by atoms with Crippen LogP contribution < -0.4 is 10.2 Å². The molecule has 2 heterocycles. The zero-order valence-corrected chi connectivity index (χ0v) is 16.3. The van der Waals surface area contributed by atoms with E-state index in [4.69, 9.17) is 4.74 Å². The number of carbonyl (C=O) groups excluding carboxylic acids is 2. The SMILES string of the molecule is CO[C@@H](C)CNC(=O)C(=O)N1CCN(c2cc(C)nc(C(C)C)n2)CC1. The lowest BCUT2D eigenvalue weighted by molar-refractivity contribution is -0.146. The van der Waals surface area contributed by atoms with E-state index in [0.29, 0.717) is 32.7 Å². The molecular formula is C18H29N5O3. The lowest BCUT2D eigenvalue weighted by Gasteiger charge is -2.35. The molecule has 0 bridgehead atoms. The molecule has 1 N–H and O–H groups in total. The Morgan fingerprint density at radius 2 is 1.85 bits per heavy atom. The molecule has 0 aromatic carbocycles. The summed E-state index contributed by atoms with van der Waals surface area (Å²) >= 11 is 0. The minimum absolute atomic E-state index is 0.125. The van der Waals surface area contributed by atoms with Gasteiger partial charge in [0.05, 0.1) is 6.10 Å². The lowest BCUT2D eigenvalue weighted by Crippen LogP contribution is -2.53. The second-order valence-corrected chi connectivity index (χ2v) is 6.92. The van der Waals surface area contributed by atoms with Crippen molar-refractivity contribution in [2.24, 2.45) is 0 Å². The summed E-state index contributed by atoms with van der Waals surface area (Å²) in [6, 6.07) is 1.96. The van der Waals surface area contributed by atoms with Crippen molar-refractivity contribution in [3.8, 4) is 0 Å². The summed E-state index contributed by atoms with van der Waals surface area (Å²) in [5, 5.41) is 2.61. The first-order chi connectivity index (χ1) is 12.3. The molecular weight excluding hydrogens is 334 g/mol. The van der Waals surface area contributed by atoms with Crippen LogP contribution in [-0.4, -0.2) is 72.6 Å². The monoisotopic (exact) mass is 363 g/mol. The van der Waals surface area contributed by atoms with Crippen LogP contribution in [0.15, 0.2) is 6.07 Å². The summed E-state index contributed by atoms with van der Waals surface area (Å²) in [6.45, 7) is 10.5. The van der Waals surface area contributed by atoms with Crippen molar-refractivity contribution in [2.75, 3.05) is 44.7 Å². The van der Waals surface area contributed by atoms with E-state index < -0.39 is 11.8 Å². The fourth-order valence-electron chi connectivity index (χ4n) is 2.67. The number of aromatic nitrogens is 2. The minimum Gasteiger partial charge on any atom is -0.380 e. The van der Waals surface area contributed by atoms with Gasteiger partial charge in [0.2, 0.25) is 0 Å². The first-order valence-electron chi connectivity index (χ1n) is 9.02. The van der Waals surface area contributed by atoms with Gasteiger partial charge in [0.1, 0.15) is 11.6 Å². The average Bonchev–Trinajstić information content (AvgIpc) is 2.64. The number of methoxy groups -OCH3 is 1. The van der Waals surface area contributed by atoms with Gasteiger partial charge in [-0.05, 0) is 13.8 Å². The van der Waals surface area contributed by atoms with Crippen molar-refractivity contribution >= 4 is 17.6 Å². The van der Waals surface area contributed by atoms with Gasteiger partial charge in [-0.2, -0.15) is 0 Å². The molecule has 0 unspecified atom stereocenters. The third-order valence-electron chi connectivity index (χ3n) is 4.41. The highest BCUT2D eigenvalue weighted by molar-refractivity contribution is 6.35. The first-order valence-corrected chi connectivity index (χ1v) is 9.02. The third kappa shape index (κ3) is 5.14. The average molecular weight is 363 g/mol. The molecule has 0 saturated carbocycles. The Kier molecular flexibility index (Phi) is 6.90. The first kappa shape index (κ1) is 20.1. The van der Waals surface area contributed by atoms with E-state index in [0.717, 1.165) is 17.3 Å². The Hall–Kier alpha value is -2.22. The molecule has 8 heteroatoms. The van der Waals surface area contributed by atoms with E-state index in [1.54, 1.807) is 12.0 Å². The Bertz CT molecular complexity index is 642. The smallest absolute Gasteiger partial charge is 0.312 e. The molecule has 1 aliphatic rings. The van der Waals surface area contributed by atoms with Crippen LogP contribution in [0.3, 0.4) is 0 Å². The molecule has 8 nitrogen and oxygen atoms in total. The number of hydrogen-bond acceptors (Lipinski definition) is 6. The number of amides is 2. The van der Waals surface area contributed by atoms with Crippen LogP contribution in [-0.2, 0) is 14.3 Å². The van der Waals surface area contributed by atoms with Crippen molar-refractivity contribution in [2.45, 2.75) is 39.7 Å². The number of nitrogens with zero attached hydrogens (tertiary/aromatic N) is 4. The number of carbonyl (C=O) groups is 2. The maximum absolute atomic E-state index is 12.3. The zero-order chi connectivity index (χ0) is 19.3. The van der Waals surface area contributed by atoms with Gasteiger partial charge in [-0.15, -0.1) is 0 Å². The molecule has 2 rings (SSSR count). The van der Waals surface area contributed by atoms with Crippen molar-refractivity contribution in [1.29, 1.82) is 0 Å². The Labute approximate surface area is 154 Å². The second-order valence-electron chi connectivity index (χ2n) is 6.92. The zero-order valence-electron chi connectivity index (χ0n) is 16.3. The summed E-state index contributed by atoms with van der Waals surface area (Å²) in [6.07, 6.45) is -0.125. The van der Waals surface area contributed by atoms with Crippen molar-refractivity contribution in [3.05, 3.63) is 17.6 Å². The predicted molar refractivity (Wildman–Crippen MR) is 99.1 cm³/mol. The number of aryl methyl sites for hydroxylation is 1. The van der Waals surface area contributed by atoms with Gasteiger partial charge in [0.25, 0.3) is 0 Å². The summed E-state index contributed by atoms with van der Waals surface area (Å²) in [4.78, 5) is 37.1. The molecule has 1 aromatic heterocycles. The summed E-state index contributed by atoms with van der Waals surface area (Å²) < 4.78 is 5.07. The standard InChI is InChI=1S/C18H29N5O3/c1-12(2)16-20-13(3)10-15(21-16)22-6-8-23(9-7-22)18(25)17(24)19-11-14(4)26-5/h10,12,14H,6-9,11H2,1-5H3,(H,19,24)/t14-/m0/s1. The molecule has 1 atom stereocenters. The van der Waals surface area contributed by atoms with Gasteiger partial charge >= 0.3 is 11.8 Å². The molecule has 1 fully saturated rings. The molecule has 26 heavy (non-hydrogen) atoms. The molecule has 1 saturated heterocycles. The van der Waals surface area contributed by atoms with Crippen LogP contribution in [0.2, 0.25) is 0 Å². The van der Waals surface area contributed by atoms with Crippen LogP contribution in [0.1, 0.15) is 38.2 Å². The van der Waals surface area contributed by atoms with Gasteiger partial charge < -0.3 is 19.9 Å². The number of hydrogen-bond donors (Lipinski definition) is 1. The van der Waals surface area contributed by atoms with Crippen molar-refractivity contribution in [3.63, 3.8) is 0 Å². The topological polar surface area (TPSA) is 87.7 Å². The van der Waals surface area contributed by atoms with Gasteiger partial charge in [0, 0.05) is 57.5 Å². The van der Waals surface area contributed by atoms with Crippen LogP contribution >= 0.6 is 0 Å². The quantitative estimate of drug-likeness (QED) is 0.775. The van der Waals surface area contributed by atoms with E-state index in [2.05, 4.69) is 34.0 Å². The largest absolute Gasteiger partial charge is 0.380 e. The molecule has 144 valence electrons. The molecule has 1 aliphatic heterocycles. The Balaban J connectivity index is 1.92. The number of piperazine rings is 1. The normalized spacial score (nSPS) is 15.9. The number of ether oxygens (including phenoxy) is 1. The molecule has 1 aromatic rings. The van der Waals surface area contributed by atoms with E-state index in [1.807, 2.05) is 19.9 Å². The van der Waals surface area contributed by atoms with Crippen molar-refractivity contribution < 1.29 is 14.3 Å². The second kappa shape index (κ2) is 8.93. The molecule has 0 aliphatic carbocycles. The van der Waals surface area contributed by atoms with E-state index >= 15 is 0 Å². The fourth-order valence-corrected chi connectivity index (χ4v) is 2.67. The molecule has 0 radical (unpaired) electrons. The highest BCUT2D eigenvalue weighted by Gasteiger charge is 2.27. The van der Waals surface area contributed by atoms with E-state index in [-0.39, 0.29) is 12.0 Å². The fraction of sp³-hybridized carbons (Fsp3) is 0.667. The van der Waals surface area contributed by atoms with Crippen molar-refractivity contribution in [1.82, 2.24) is 20.2 Å². The Morgan fingerprint density at radius 1 is 1.19 bits per heavy atom. The van der Waals surface area contributed by atoms with Crippen LogP contribution in [0.25, 0.3) is 0 Å². The predicted octanol–water partition coefficient (Wildman–Crippen LogP) is 0.708. The Morgan fingerprint density at radius 3 is 2.42 bits per heavy atom. The van der Waals surface area contributed by atoms with Gasteiger partial charge in [-0.3, -0.25) is 9.59 Å². The van der Waals surface area contributed by atoms with Gasteiger partial charge in [-0.25, -0.2) is 9.97 Å². The minimum atomic E-state index is -0.581. The number of nitrogens with one attached hydrogen (secondary N) is 1. The molecule has 2 amide bonds. The van der Waals surface area contributed by atoms with Crippen LogP contribution in [0.5, 0.6) is 0 Å². The third-order valence-corrected chi connectivity index (χ3v) is 4.41. The highest BCUT2D eigenvalue weighted by atomic mass is 16.5. The van der Waals surface area contributed by atoms with E-state index in [1.165, 1.54) is 0 Å². The highest BCUT2D eigenvalue weighted by Crippen LogP contribution is 2.18. The summed E-state index contributed by atoms with van der Waals surface area (Å²) in [5.41, 5.74) is 0.934. The maximum atomic E-state index is 12.3. The lowest BCUT2D eigenvalue weighted by atomic mass is 10.2. The molecule has 0 spiro atoms. The number of rotatable bonds is 5. The maximum Gasteiger partial charge on any atom is 0.312 e. The number of anilines is 1. The van der Waals surface area contributed by atoms with Crippen LogP contribution in [0, 0.1) is 6.92 Å².